The Morgan fingerprint density at radius 2 is 1.94 bits per heavy atom. The van der Waals surface area contributed by atoms with Crippen LogP contribution in [0.2, 0.25) is 0 Å². The lowest BCUT2D eigenvalue weighted by molar-refractivity contribution is -0.139. The predicted molar refractivity (Wildman–Crippen MR) is 110 cm³/mol. The molecule has 0 saturated heterocycles. The highest BCUT2D eigenvalue weighted by atomic mass is 19.4. The smallest absolute Gasteiger partial charge is 0.352 e. The van der Waals surface area contributed by atoms with Crippen molar-refractivity contribution in [3.8, 4) is 6.07 Å². The second-order valence-corrected chi connectivity index (χ2v) is 7.53. The number of nitriles is 1. The van der Waals surface area contributed by atoms with Crippen molar-refractivity contribution < 1.29 is 17.6 Å². The van der Waals surface area contributed by atoms with Crippen molar-refractivity contribution in [2.75, 3.05) is 16.8 Å². The van der Waals surface area contributed by atoms with Gasteiger partial charge >= 0.3 is 6.18 Å². The van der Waals surface area contributed by atoms with Crippen LogP contribution < -0.4 is 10.2 Å². The molecule has 3 heterocycles. The van der Waals surface area contributed by atoms with Gasteiger partial charge in [0, 0.05) is 25.2 Å². The van der Waals surface area contributed by atoms with Crippen LogP contribution in [0.25, 0.3) is 0 Å². The highest BCUT2D eigenvalue weighted by Gasteiger charge is 2.35. The van der Waals surface area contributed by atoms with E-state index in [-0.39, 0.29) is 11.4 Å². The van der Waals surface area contributed by atoms with Gasteiger partial charge in [0.25, 0.3) is 0 Å². The molecule has 0 saturated carbocycles. The van der Waals surface area contributed by atoms with Gasteiger partial charge in [-0.2, -0.15) is 18.4 Å². The third kappa shape index (κ3) is 3.93. The van der Waals surface area contributed by atoms with Crippen molar-refractivity contribution in [3.63, 3.8) is 0 Å². The van der Waals surface area contributed by atoms with Crippen LogP contribution >= 0.6 is 0 Å². The Labute approximate surface area is 181 Å². The lowest BCUT2D eigenvalue weighted by Gasteiger charge is -2.30. The second kappa shape index (κ2) is 8.07. The molecule has 32 heavy (non-hydrogen) atoms. The summed E-state index contributed by atoms with van der Waals surface area (Å²) in [4.78, 5) is 6.41. The fourth-order valence-electron chi connectivity index (χ4n) is 3.68. The minimum atomic E-state index is -4.78. The molecule has 0 unspecified atom stereocenters. The monoisotopic (exact) mass is 442 g/mol. The van der Waals surface area contributed by atoms with Crippen molar-refractivity contribution in [3.05, 3.63) is 69.9 Å². The highest BCUT2D eigenvalue weighted by Crippen LogP contribution is 2.35. The van der Waals surface area contributed by atoms with Gasteiger partial charge in [-0.1, -0.05) is 6.07 Å². The maximum absolute atomic E-state index is 14.4. The molecule has 0 spiro atoms. The molecule has 4 rings (SSSR count). The molecular formula is C22H18F4N6. The fourth-order valence-corrected chi connectivity index (χ4v) is 3.68. The van der Waals surface area contributed by atoms with Crippen LogP contribution in [0.3, 0.4) is 0 Å². The van der Waals surface area contributed by atoms with Crippen LogP contribution in [-0.4, -0.2) is 21.7 Å². The molecule has 0 bridgehead atoms. The van der Waals surface area contributed by atoms with E-state index in [0.29, 0.717) is 37.1 Å². The van der Waals surface area contributed by atoms with E-state index in [1.165, 1.54) is 12.3 Å². The Morgan fingerprint density at radius 3 is 2.66 bits per heavy atom. The Bertz CT molecular complexity index is 1230. The Hall–Kier alpha value is -3.74. The van der Waals surface area contributed by atoms with E-state index in [0.717, 1.165) is 28.5 Å². The van der Waals surface area contributed by atoms with Crippen molar-refractivity contribution >= 4 is 17.2 Å². The fraction of sp³-hybridized carbons (Fsp3) is 0.273. The Balaban J connectivity index is 1.61. The number of halogens is 4. The van der Waals surface area contributed by atoms with Crippen LogP contribution in [-0.2, 0) is 19.1 Å². The molecule has 3 aromatic rings. The summed E-state index contributed by atoms with van der Waals surface area (Å²) in [7, 11) is 0. The van der Waals surface area contributed by atoms with E-state index in [1.54, 1.807) is 6.07 Å². The lowest BCUT2D eigenvalue weighted by Crippen LogP contribution is -2.32. The summed E-state index contributed by atoms with van der Waals surface area (Å²) < 4.78 is 53.3. The molecule has 1 N–H and O–H groups in total. The van der Waals surface area contributed by atoms with Gasteiger partial charge in [0.05, 0.1) is 23.1 Å². The first-order valence-electron chi connectivity index (χ1n) is 9.78. The molecule has 0 atom stereocenters. The SMILES string of the molecule is Cc1c(C#N)nnc(N2CCc3ncc(Nc4cccc(C(F)(F)F)c4F)cc3C2)c1C. The van der Waals surface area contributed by atoms with Gasteiger partial charge in [0.2, 0.25) is 0 Å². The van der Waals surface area contributed by atoms with E-state index < -0.39 is 17.6 Å². The van der Waals surface area contributed by atoms with E-state index in [9.17, 15) is 17.6 Å². The van der Waals surface area contributed by atoms with E-state index in [2.05, 4.69) is 20.5 Å². The van der Waals surface area contributed by atoms with Crippen LogP contribution in [0.4, 0.5) is 34.8 Å². The summed E-state index contributed by atoms with van der Waals surface area (Å²) >= 11 is 0. The number of nitrogens with zero attached hydrogens (tertiary/aromatic N) is 5. The molecule has 0 fully saturated rings. The first-order chi connectivity index (χ1) is 15.2. The molecule has 6 nitrogen and oxygen atoms in total. The largest absolute Gasteiger partial charge is 0.419 e. The van der Waals surface area contributed by atoms with Gasteiger partial charge in [-0.15, -0.1) is 10.2 Å². The Kier molecular flexibility index (Phi) is 5.42. The quantitative estimate of drug-likeness (QED) is 0.586. The minimum Gasteiger partial charge on any atom is -0.352 e. The lowest BCUT2D eigenvalue weighted by atomic mass is 10.0. The van der Waals surface area contributed by atoms with E-state index in [4.69, 9.17) is 5.26 Å². The van der Waals surface area contributed by atoms with E-state index >= 15 is 0 Å². The second-order valence-electron chi connectivity index (χ2n) is 7.53. The molecule has 0 amide bonds. The maximum atomic E-state index is 14.4. The molecule has 164 valence electrons. The third-order valence-electron chi connectivity index (χ3n) is 5.53. The average Bonchev–Trinajstić information content (AvgIpc) is 2.76. The highest BCUT2D eigenvalue weighted by molar-refractivity contribution is 5.62. The summed E-state index contributed by atoms with van der Waals surface area (Å²) in [5.41, 5.74) is 2.36. The first-order valence-corrected chi connectivity index (χ1v) is 9.78. The molecule has 2 aromatic heterocycles. The van der Waals surface area contributed by atoms with Gasteiger partial charge in [-0.25, -0.2) is 4.39 Å². The number of hydrogen-bond donors (Lipinski definition) is 1. The zero-order valence-corrected chi connectivity index (χ0v) is 17.3. The first kappa shape index (κ1) is 21.5. The van der Waals surface area contributed by atoms with Gasteiger partial charge < -0.3 is 10.2 Å². The molecule has 0 aliphatic carbocycles. The normalized spacial score (nSPS) is 13.5. The molecule has 1 aromatic carbocycles. The summed E-state index contributed by atoms with van der Waals surface area (Å²) in [5, 5.41) is 20.0. The zero-order valence-electron chi connectivity index (χ0n) is 17.3. The topological polar surface area (TPSA) is 77.7 Å². The van der Waals surface area contributed by atoms with Gasteiger partial charge in [-0.05, 0) is 48.7 Å². The van der Waals surface area contributed by atoms with Crippen LogP contribution in [0.5, 0.6) is 0 Å². The maximum Gasteiger partial charge on any atom is 0.419 e. The molecule has 1 aliphatic rings. The van der Waals surface area contributed by atoms with Crippen molar-refractivity contribution in [1.82, 2.24) is 15.2 Å². The number of anilines is 3. The molecule has 0 radical (unpaired) electrons. The van der Waals surface area contributed by atoms with Crippen LogP contribution in [0.15, 0.2) is 30.5 Å². The predicted octanol–water partition coefficient (Wildman–Crippen LogP) is 4.82. The Morgan fingerprint density at radius 1 is 1.16 bits per heavy atom. The van der Waals surface area contributed by atoms with Crippen molar-refractivity contribution in [1.29, 1.82) is 5.26 Å². The van der Waals surface area contributed by atoms with Gasteiger partial charge in [0.1, 0.15) is 6.07 Å². The molecule has 1 aliphatic heterocycles. The number of rotatable bonds is 3. The number of alkyl halides is 3. The van der Waals surface area contributed by atoms with Crippen molar-refractivity contribution in [2.45, 2.75) is 33.0 Å². The standard InChI is InChI=1S/C22H18F4N6/c1-12-13(2)21(31-30-19(12)9-27)32-7-6-17-14(11-32)8-15(10-28-17)29-18-5-3-4-16(20(18)23)22(24,25)26/h3-5,8,10,29H,6-7,11H2,1-2H3. The summed E-state index contributed by atoms with van der Waals surface area (Å²) in [6.45, 7) is 4.79. The zero-order chi connectivity index (χ0) is 23.0. The third-order valence-corrected chi connectivity index (χ3v) is 5.53. The number of hydrogen-bond acceptors (Lipinski definition) is 6. The summed E-state index contributed by atoms with van der Waals surface area (Å²) in [6.07, 6.45) is -2.67. The number of benzene rings is 1. The van der Waals surface area contributed by atoms with Crippen molar-refractivity contribution in [2.24, 2.45) is 0 Å². The van der Waals surface area contributed by atoms with Gasteiger partial charge in [-0.3, -0.25) is 4.98 Å². The van der Waals surface area contributed by atoms with Crippen LogP contribution in [0.1, 0.15) is 33.6 Å². The van der Waals surface area contributed by atoms with Gasteiger partial charge in [0.15, 0.2) is 17.3 Å². The number of fused-ring (bicyclic) bond motifs is 1. The van der Waals surface area contributed by atoms with E-state index in [1.807, 2.05) is 24.8 Å². The number of pyridine rings is 1. The summed E-state index contributed by atoms with van der Waals surface area (Å²) in [5.74, 6) is -0.701. The summed E-state index contributed by atoms with van der Waals surface area (Å²) in [6, 6.07) is 6.86. The number of nitrogens with one attached hydrogen (secondary N) is 1. The molecule has 10 heteroatoms. The minimum absolute atomic E-state index is 0.278. The molecular weight excluding hydrogens is 424 g/mol. The average molecular weight is 442 g/mol. The van der Waals surface area contributed by atoms with Crippen LogP contribution in [0, 0.1) is 31.0 Å². The number of aromatic nitrogens is 3.